The molecule has 1 fully saturated rings. The van der Waals surface area contributed by atoms with E-state index in [2.05, 4.69) is 47.1 Å². The summed E-state index contributed by atoms with van der Waals surface area (Å²) in [5, 5.41) is 20.2. The van der Waals surface area contributed by atoms with Crippen molar-refractivity contribution in [3.63, 3.8) is 0 Å². The van der Waals surface area contributed by atoms with Crippen LogP contribution in [-0.4, -0.2) is 31.6 Å². The number of rotatable bonds is 6. The van der Waals surface area contributed by atoms with Crippen LogP contribution in [0.1, 0.15) is 30.1 Å². The lowest BCUT2D eigenvalue weighted by Crippen LogP contribution is -2.04. The summed E-state index contributed by atoms with van der Waals surface area (Å²) in [6.07, 6.45) is 4.13. The molecule has 0 bridgehead atoms. The van der Waals surface area contributed by atoms with Gasteiger partial charge in [0.15, 0.2) is 11.0 Å². The summed E-state index contributed by atoms with van der Waals surface area (Å²) < 4.78 is 1.89. The van der Waals surface area contributed by atoms with Crippen molar-refractivity contribution >= 4 is 34.6 Å². The summed E-state index contributed by atoms with van der Waals surface area (Å²) in [6.45, 7) is 3.81. The van der Waals surface area contributed by atoms with Crippen LogP contribution in [-0.2, 0) is 4.79 Å². The molecule has 2 aromatic carbocycles. The largest absolute Gasteiger partial charge is 0.481 e. The first-order valence-electron chi connectivity index (χ1n) is 8.13. The minimum atomic E-state index is -0.881. The molecule has 1 heterocycles. The molecule has 0 spiro atoms. The second kappa shape index (κ2) is 6.37. The molecule has 1 aliphatic carbocycles. The second-order valence-corrected chi connectivity index (χ2v) is 7.00. The van der Waals surface area contributed by atoms with E-state index in [9.17, 15) is 4.79 Å². The Labute approximate surface area is 149 Å². The van der Waals surface area contributed by atoms with Crippen molar-refractivity contribution in [1.82, 2.24) is 14.8 Å². The molecule has 0 amide bonds. The summed E-state index contributed by atoms with van der Waals surface area (Å²) in [5.41, 5.74) is 2.33. The Kier molecular flexibility index (Phi) is 4.05. The lowest BCUT2D eigenvalue weighted by molar-refractivity contribution is -0.133. The monoisotopic (exact) mass is 351 g/mol. The number of thioether (sulfide) groups is 1. The van der Waals surface area contributed by atoms with Gasteiger partial charge in [-0.05, 0) is 41.9 Å². The molecular formula is C19H17N3O2S. The molecule has 0 aliphatic heterocycles. The van der Waals surface area contributed by atoms with Crippen molar-refractivity contribution in [2.45, 2.75) is 23.9 Å². The van der Waals surface area contributed by atoms with E-state index >= 15 is 0 Å². The summed E-state index contributed by atoms with van der Waals surface area (Å²) in [7, 11) is 0. The standard InChI is InChI=1S/C19H17N3O2S/c1-2-17-20-21-19(25-11-18(23)24)22(17)16-10-9-13(12-7-8-12)14-5-3-4-6-15(14)16/h2-6,9-10,12H,1,7-8,11H2,(H,23,24). The maximum absolute atomic E-state index is 10.9. The van der Waals surface area contributed by atoms with E-state index < -0.39 is 5.97 Å². The SMILES string of the molecule is C=Cc1nnc(SCC(=O)O)n1-c1ccc(C2CC2)c2ccccc12. The smallest absolute Gasteiger partial charge is 0.313 e. The van der Waals surface area contributed by atoms with Gasteiger partial charge in [-0.1, -0.05) is 48.7 Å². The molecule has 126 valence electrons. The molecule has 6 heteroatoms. The topological polar surface area (TPSA) is 68.0 Å². The number of hydrogen-bond donors (Lipinski definition) is 1. The maximum Gasteiger partial charge on any atom is 0.313 e. The van der Waals surface area contributed by atoms with Crippen LogP contribution in [0.2, 0.25) is 0 Å². The summed E-state index contributed by atoms with van der Waals surface area (Å²) in [6, 6.07) is 12.6. The Morgan fingerprint density at radius 1 is 1.24 bits per heavy atom. The van der Waals surface area contributed by atoms with Crippen LogP contribution in [0, 0.1) is 0 Å². The molecule has 0 saturated heterocycles. The van der Waals surface area contributed by atoms with Crippen LogP contribution in [0.3, 0.4) is 0 Å². The third kappa shape index (κ3) is 2.93. The lowest BCUT2D eigenvalue weighted by Gasteiger charge is -2.14. The van der Waals surface area contributed by atoms with Gasteiger partial charge in [-0.25, -0.2) is 0 Å². The molecule has 25 heavy (non-hydrogen) atoms. The molecule has 0 radical (unpaired) electrons. The summed E-state index contributed by atoms with van der Waals surface area (Å²) >= 11 is 1.16. The first kappa shape index (κ1) is 15.9. The zero-order valence-corrected chi connectivity index (χ0v) is 14.4. The molecular weight excluding hydrogens is 334 g/mol. The predicted molar refractivity (Wildman–Crippen MR) is 99.3 cm³/mol. The Morgan fingerprint density at radius 3 is 2.68 bits per heavy atom. The van der Waals surface area contributed by atoms with Crippen LogP contribution in [0.15, 0.2) is 48.1 Å². The highest BCUT2D eigenvalue weighted by molar-refractivity contribution is 7.99. The predicted octanol–water partition coefficient (Wildman–Crippen LogP) is 4.12. The Morgan fingerprint density at radius 2 is 2.00 bits per heavy atom. The van der Waals surface area contributed by atoms with Gasteiger partial charge in [-0.3, -0.25) is 9.36 Å². The molecule has 1 saturated carbocycles. The van der Waals surface area contributed by atoms with Gasteiger partial charge in [0.1, 0.15) is 0 Å². The van der Waals surface area contributed by atoms with E-state index in [1.807, 2.05) is 10.6 Å². The first-order chi connectivity index (χ1) is 12.2. The molecule has 4 rings (SSSR count). The van der Waals surface area contributed by atoms with Gasteiger partial charge in [0.2, 0.25) is 0 Å². The Balaban J connectivity index is 1.90. The van der Waals surface area contributed by atoms with E-state index in [1.165, 1.54) is 23.8 Å². The third-order valence-corrected chi connectivity index (χ3v) is 5.27. The normalized spacial score (nSPS) is 13.9. The molecule has 0 atom stereocenters. The number of hydrogen-bond acceptors (Lipinski definition) is 4. The average Bonchev–Trinajstić information content (AvgIpc) is 3.38. The molecule has 0 unspecified atom stereocenters. The molecule has 1 aliphatic rings. The minimum Gasteiger partial charge on any atom is -0.481 e. The lowest BCUT2D eigenvalue weighted by atomic mass is 9.99. The zero-order chi connectivity index (χ0) is 17.4. The van der Waals surface area contributed by atoms with Gasteiger partial charge in [0.25, 0.3) is 0 Å². The molecule has 3 aromatic rings. The van der Waals surface area contributed by atoms with Crippen LogP contribution in [0.5, 0.6) is 0 Å². The van der Waals surface area contributed by atoms with Crippen LogP contribution in [0.25, 0.3) is 22.5 Å². The maximum atomic E-state index is 10.9. The van der Waals surface area contributed by atoms with Gasteiger partial charge in [-0.15, -0.1) is 10.2 Å². The van der Waals surface area contributed by atoms with E-state index in [0.29, 0.717) is 16.9 Å². The number of benzene rings is 2. The van der Waals surface area contributed by atoms with Crippen molar-refractivity contribution < 1.29 is 9.90 Å². The molecule has 5 nitrogen and oxygen atoms in total. The summed E-state index contributed by atoms with van der Waals surface area (Å²) in [4.78, 5) is 10.9. The van der Waals surface area contributed by atoms with E-state index in [1.54, 1.807) is 6.08 Å². The number of aliphatic carboxylic acids is 1. The number of nitrogens with zero attached hydrogens (tertiary/aromatic N) is 3. The van der Waals surface area contributed by atoms with E-state index in [4.69, 9.17) is 5.11 Å². The number of fused-ring (bicyclic) bond motifs is 1. The van der Waals surface area contributed by atoms with Crippen molar-refractivity contribution in [2.24, 2.45) is 0 Å². The zero-order valence-electron chi connectivity index (χ0n) is 13.6. The quantitative estimate of drug-likeness (QED) is 0.677. The minimum absolute atomic E-state index is 0.0621. The highest BCUT2D eigenvalue weighted by Crippen LogP contribution is 2.44. The van der Waals surface area contributed by atoms with Crippen LogP contribution >= 0.6 is 11.8 Å². The second-order valence-electron chi connectivity index (χ2n) is 6.06. The van der Waals surface area contributed by atoms with Gasteiger partial charge in [0, 0.05) is 5.39 Å². The van der Waals surface area contributed by atoms with Crippen molar-refractivity contribution in [3.8, 4) is 5.69 Å². The number of carboxylic acids is 1. The fraction of sp³-hybridized carbons (Fsp3) is 0.211. The number of aromatic nitrogens is 3. The highest BCUT2D eigenvalue weighted by Gasteiger charge is 2.26. The van der Waals surface area contributed by atoms with Crippen molar-refractivity contribution in [2.75, 3.05) is 5.75 Å². The van der Waals surface area contributed by atoms with Gasteiger partial charge in [0.05, 0.1) is 11.4 Å². The van der Waals surface area contributed by atoms with E-state index in [-0.39, 0.29) is 5.75 Å². The van der Waals surface area contributed by atoms with Crippen LogP contribution in [0.4, 0.5) is 0 Å². The number of carboxylic acid groups (broad SMARTS) is 1. The van der Waals surface area contributed by atoms with Gasteiger partial charge in [-0.2, -0.15) is 0 Å². The van der Waals surface area contributed by atoms with Crippen molar-refractivity contribution in [3.05, 3.63) is 54.4 Å². The molecule has 1 N–H and O–H groups in total. The van der Waals surface area contributed by atoms with Crippen LogP contribution < -0.4 is 0 Å². The average molecular weight is 351 g/mol. The Bertz CT molecular complexity index is 976. The van der Waals surface area contributed by atoms with Gasteiger partial charge >= 0.3 is 5.97 Å². The third-order valence-electron chi connectivity index (χ3n) is 4.36. The van der Waals surface area contributed by atoms with E-state index in [0.717, 1.165) is 22.8 Å². The Hall–Kier alpha value is -2.60. The fourth-order valence-electron chi connectivity index (χ4n) is 3.11. The van der Waals surface area contributed by atoms with Gasteiger partial charge < -0.3 is 5.11 Å². The highest BCUT2D eigenvalue weighted by atomic mass is 32.2. The first-order valence-corrected chi connectivity index (χ1v) is 9.12. The summed E-state index contributed by atoms with van der Waals surface area (Å²) in [5.74, 6) is 0.318. The number of carbonyl (C=O) groups is 1. The molecule has 1 aromatic heterocycles. The fourth-order valence-corrected chi connectivity index (χ4v) is 3.78. The van der Waals surface area contributed by atoms with Crippen molar-refractivity contribution in [1.29, 1.82) is 0 Å².